The third-order valence-corrected chi connectivity index (χ3v) is 3.57. The molecule has 0 aliphatic carbocycles. The molecule has 2 nitrogen and oxygen atoms in total. The van der Waals surface area contributed by atoms with Crippen molar-refractivity contribution in [2.24, 2.45) is 0 Å². The second-order valence-corrected chi connectivity index (χ2v) is 6.56. The lowest BCUT2D eigenvalue weighted by Gasteiger charge is -2.23. The standard InChI is InChI=1S/C14H15BrClNO/c1-14(2,3)10-6-11(16)12-9(13(10)18-4)5-8(15)7-17-12/h5-7H,1-4H3. The van der Waals surface area contributed by atoms with E-state index in [-0.39, 0.29) is 5.41 Å². The summed E-state index contributed by atoms with van der Waals surface area (Å²) in [6.45, 7) is 6.41. The molecule has 0 atom stereocenters. The Hall–Kier alpha value is -0.800. The molecule has 1 heterocycles. The van der Waals surface area contributed by atoms with Crippen LogP contribution in [0.15, 0.2) is 22.8 Å². The molecular weight excluding hydrogens is 314 g/mol. The van der Waals surface area contributed by atoms with Crippen LogP contribution in [0.3, 0.4) is 0 Å². The van der Waals surface area contributed by atoms with Gasteiger partial charge >= 0.3 is 0 Å². The highest BCUT2D eigenvalue weighted by Crippen LogP contribution is 2.40. The molecule has 2 aromatic rings. The summed E-state index contributed by atoms with van der Waals surface area (Å²) in [4.78, 5) is 4.35. The van der Waals surface area contributed by atoms with Crippen molar-refractivity contribution < 1.29 is 4.74 Å². The molecule has 96 valence electrons. The van der Waals surface area contributed by atoms with E-state index < -0.39 is 0 Å². The number of ether oxygens (including phenoxy) is 1. The highest BCUT2D eigenvalue weighted by molar-refractivity contribution is 9.10. The van der Waals surface area contributed by atoms with Gasteiger partial charge in [-0.3, -0.25) is 4.98 Å². The second kappa shape index (κ2) is 4.71. The van der Waals surface area contributed by atoms with Gasteiger partial charge < -0.3 is 4.74 Å². The summed E-state index contributed by atoms with van der Waals surface area (Å²) in [7, 11) is 1.68. The first kappa shape index (κ1) is 13.6. The summed E-state index contributed by atoms with van der Waals surface area (Å²) in [6.07, 6.45) is 1.74. The van der Waals surface area contributed by atoms with Crippen LogP contribution in [-0.4, -0.2) is 12.1 Å². The van der Waals surface area contributed by atoms with Crippen LogP contribution in [-0.2, 0) is 5.41 Å². The number of hydrogen-bond acceptors (Lipinski definition) is 2. The van der Waals surface area contributed by atoms with Crippen molar-refractivity contribution >= 4 is 38.4 Å². The highest BCUT2D eigenvalue weighted by Gasteiger charge is 2.22. The van der Waals surface area contributed by atoms with Crippen molar-refractivity contribution in [3.8, 4) is 5.75 Å². The first-order valence-electron chi connectivity index (χ1n) is 5.67. The maximum absolute atomic E-state index is 6.32. The van der Waals surface area contributed by atoms with Gasteiger partial charge in [-0.05, 0) is 33.5 Å². The maximum atomic E-state index is 6.32. The number of benzene rings is 1. The van der Waals surface area contributed by atoms with Gasteiger partial charge in [-0.2, -0.15) is 0 Å². The second-order valence-electron chi connectivity index (χ2n) is 5.24. The van der Waals surface area contributed by atoms with E-state index in [4.69, 9.17) is 16.3 Å². The molecule has 0 radical (unpaired) electrons. The first-order chi connectivity index (χ1) is 8.34. The third kappa shape index (κ3) is 2.34. The minimum absolute atomic E-state index is 0.0362. The van der Waals surface area contributed by atoms with Crippen molar-refractivity contribution in [1.82, 2.24) is 4.98 Å². The van der Waals surface area contributed by atoms with E-state index in [1.54, 1.807) is 13.3 Å². The molecule has 2 rings (SSSR count). The normalized spacial score (nSPS) is 11.9. The van der Waals surface area contributed by atoms with Crippen LogP contribution in [0.25, 0.3) is 10.9 Å². The van der Waals surface area contributed by atoms with Crippen LogP contribution < -0.4 is 4.74 Å². The van der Waals surface area contributed by atoms with Crippen molar-refractivity contribution in [3.05, 3.63) is 33.4 Å². The summed E-state index contributed by atoms with van der Waals surface area (Å²) in [5.74, 6) is 0.843. The largest absolute Gasteiger partial charge is 0.496 e. The zero-order valence-corrected chi connectivity index (χ0v) is 13.2. The molecule has 0 saturated carbocycles. The molecule has 0 spiro atoms. The number of methoxy groups -OCH3 is 1. The smallest absolute Gasteiger partial charge is 0.132 e. The molecule has 1 aromatic carbocycles. The average molecular weight is 329 g/mol. The van der Waals surface area contributed by atoms with Crippen molar-refractivity contribution in [3.63, 3.8) is 0 Å². The quantitative estimate of drug-likeness (QED) is 0.738. The average Bonchev–Trinajstić information content (AvgIpc) is 2.27. The molecule has 0 amide bonds. The van der Waals surface area contributed by atoms with E-state index in [1.807, 2.05) is 12.1 Å². The molecule has 0 N–H and O–H groups in total. The van der Waals surface area contributed by atoms with E-state index in [2.05, 4.69) is 41.7 Å². The topological polar surface area (TPSA) is 22.1 Å². The number of halogens is 2. The van der Waals surface area contributed by atoms with Crippen LogP contribution >= 0.6 is 27.5 Å². The molecule has 0 saturated heterocycles. The molecule has 0 bridgehead atoms. The molecular formula is C14H15BrClNO. The summed E-state index contributed by atoms with van der Waals surface area (Å²) in [5, 5.41) is 1.59. The Bertz CT molecular complexity index is 605. The lowest BCUT2D eigenvalue weighted by Crippen LogP contribution is -2.13. The van der Waals surface area contributed by atoms with Gasteiger partial charge in [-0.15, -0.1) is 0 Å². The monoisotopic (exact) mass is 327 g/mol. The lowest BCUT2D eigenvalue weighted by molar-refractivity contribution is 0.402. The number of aromatic nitrogens is 1. The Labute approximate surface area is 120 Å². The molecule has 0 aliphatic rings. The minimum atomic E-state index is -0.0362. The fourth-order valence-electron chi connectivity index (χ4n) is 1.99. The highest BCUT2D eigenvalue weighted by atomic mass is 79.9. The molecule has 18 heavy (non-hydrogen) atoms. The molecule has 1 aromatic heterocycles. The predicted octanol–water partition coefficient (Wildman–Crippen LogP) is 4.96. The van der Waals surface area contributed by atoms with Gasteiger partial charge in [0.05, 0.1) is 17.6 Å². The first-order valence-corrected chi connectivity index (χ1v) is 6.84. The minimum Gasteiger partial charge on any atom is -0.496 e. The van der Waals surface area contributed by atoms with E-state index in [9.17, 15) is 0 Å². The molecule has 0 aliphatic heterocycles. The van der Waals surface area contributed by atoms with Gasteiger partial charge in [-0.1, -0.05) is 32.4 Å². The van der Waals surface area contributed by atoms with Gasteiger partial charge in [0.15, 0.2) is 0 Å². The van der Waals surface area contributed by atoms with Crippen molar-refractivity contribution in [1.29, 1.82) is 0 Å². The molecule has 0 unspecified atom stereocenters. The van der Waals surface area contributed by atoms with E-state index in [1.165, 1.54) is 0 Å². The van der Waals surface area contributed by atoms with Crippen molar-refractivity contribution in [2.45, 2.75) is 26.2 Å². The van der Waals surface area contributed by atoms with Gasteiger partial charge in [0.1, 0.15) is 5.75 Å². The number of rotatable bonds is 1. The van der Waals surface area contributed by atoms with E-state index in [0.717, 1.165) is 26.7 Å². The number of fused-ring (bicyclic) bond motifs is 1. The summed E-state index contributed by atoms with van der Waals surface area (Å²) in [5.41, 5.74) is 1.82. The Kier molecular flexibility index (Phi) is 3.56. The number of nitrogens with zero attached hydrogens (tertiary/aromatic N) is 1. The van der Waals surface area contributed by atoms with Gasteiger partial charge in [-0.25, -0.2) is 0 Å². The van der Waals surface area contributed by atoms with Crippen LogP contribution in [0, 0.1) is 0 Å². The lowest BCUT2D eigenvalue weighted by atomic mass is 9.85. The zero-order valence-electron chi connectivity index (χ0n) is 10.8. The molecule has 4 heteroatoms. The summed E-state index contributed by atoms with van der Waals surface area (Å²) < 4.78 is 6.49. The summed E-state index contributed by atoms with van der Waals surface area (Å²) >= 11 is 9.75. The van der Waals surface area contributed by atoms with Gasteiger partial charge in [0.2, 0.25) is 0 Å². The Balaban J connectivity index is 2.90. The Morgan fingerprint density at radius 3 is 2.50 bits per heavy atom. The van der Waals surface area contributed by atoms with Gasteiger partial charge in [0.25, 0.3) is 0 Å². The Morgan fingerprint density at radius 2 is 1.94 bits per heavy atom. The van der Waals surface area contributed by atoms with Crippen LogP contribution in [0.2, 0.25) is 5.02 Å². The SMILES string of the molecule is COc1c(C(C)(C)C)cc(Cl)c2ncc(Br)cc12. The van der Waals surface area contributed by atoms with E-state index in [0.29, 0.717) is 5.02 Å². The van der Waals surface area contributed by atoms with Crippen LogP contribution in [0.5, 0.6) is 5.75 Å². The number of hydrogen-bond donors (Lipinski definition) is 0. The van der Waals surface area contributed by atoms with Crippen molar-refractivity contribution in [2.75, 3.05) is 7.11 Å². The predicted molar refractivity (Wildman–Crippen MR) is 79.7 cm³/mol. The fraction of sp³-hybridized carbons (Fsp3) is 0.357. The van der Waals surface area contributed by atoms with Crippen LogP contribution in [0.1, 0.15) is 26.3 Å². The van der Waals surface area contributed by atoms with E-state index >= 15 is 0 Å². The molecule has 0 fully saturated rings. The third-order valence-electron chi connectivity index (χ3n) is 2.85. The summed E-state index contributed by atoms with van der Waals surface area (Å²) in [6, 6.07) is 3.94. The Morgan fingerprint density at radius 1 is 1.28 bits per heavy atom. The number of pyridine rings is 1. The zero-order chi connectivity index (χ0) is 13.5. The van der Waals surface area contributed by atoms with Gasteiger partial charge in [0, 0.05) is 21.6 Å². The maximum Gasteiger partial charge on any atom is 0.132 e. The van der Waals surface area contributed by atoms with Crippen LogP contribution in [0.4, 0.5) is 0 Å². The fourth-order valence-corrected chi connectivity index (χ4v) is 2.58.